The largest absolute Gasteiger partial charge is 0.303 e. The maximum atomic E-state index is 9.98. The Balaban J connectivity index is 3.25. The Hall–Kier alpha value is 0.360. The van der Waals surface area contributed by atoms with E-state index in [1.807, 2.05) is 6.92 Å². The summed E-state index contributed by atoms with van der Waals surface area (Å²) in [4.78, 5) is 0. The predicted molar refractivity (Wildman–Crippen MR) is 41.0 cm³/mol. The number of alkyl halides is 1. The predicted octanol–water partition coefficient (Wildman–Crippen LogP) is 1.89. The second kappa shape index (κ2) is 6.09. The van der Waals surface area contributed by atoms with Gasteiger partial charge in [-0.2, -0.15) is 4.21 Å². The van der Waals surface area contributed by atoms with Crippen molar-refractivity contribution in [2.24, 2.45) is 0 Å². The van der Waals surface area contributed by atoms with Crippen LogP contribution in [0.1, 0.15) is 26.2 Å². The number of hydrogen-bond donors (Lipinski definition) is 1. The molecule has 0 saturated carbocycles. The van der Waals surface area contributed by atoms with Crippen LogP contribution in [0.2, 0.25) is 0 Å². The summed E-state index contributed by atoms with van der Waals surface area (Å²) in [5, 5.41) is 0. The minimum atomic E-state index is -2.23. The average molecular weight is 187 g/mol. The molecular weight excluding hydrogens is 176 g/mol. The third-order valence-corrected chi connectivity index (χ3v) is 1.78. The molecule has 0 aromatic rings. The average Bonchev–Trinajstić information content (AvgIpc) is 1.82. The van der Waals surface area contributed by atoms with E-state index in [-0.39, 0.29) is 0 Å². The fourth-order valence-electron chi connectivity index (χ4n) is 0.502. The van der Waals surface area contributed by atoms with Crippen LogP contribution in [0.3, 0.4) is 0 Å². The SMILES string of the molecule is CCCCC(Cl)OS(=O)O. The van der Waals surface area contributed by atoms with Crippen molar-refractivity contribution in [1.82, 2.24) is 0 Å². The first-order chi connectivity index (χ1) is 4.66. The second-order valence-corrected chi connectivity index (χ2v) is 2.98. The highest BCUT2D eigenvalue weighted by Crippen LogP contribution is 2.09. The summed E-state index contributed by atoms with van der Waals surface area (Å²) in [6, 6.07) is 0. The molecule has 0 radical (unpaired) electrons. The molecule has 0 aliphatic heterocycles. The molecular formula is C5H11ClO3S. The van der Waals surface area contributed by atoms with E-state index in [1.165, 1.54) is 0 Å². The molecule has 0 aromatic carbocycles. The van der Waals surface area contributed by atoms with Crippen molar-refractivity contribution in [1.29, 1.82) is 0 Å². The van der Waals surface area contributed by atoms with Crippen molar-refractivity contribution in [3.05, 3.63) is 0 Å². The van der Waals surface area contributed by atoms with Crippen molar-refractivity contribution < 1.29 is 12.9 Å². The molecule has 0 aromatic heterocycles. The number of hydrogen-bond acceptors (Lipinski definition) is 2. The van der Waals surface area contributed by atoms with Gasteiger partial charge < -0.3 is 0 Å². The maximum absolute atomic E-state index is 9.98. The normalized spacial score (nSPS) is 16.7. The molecule has 0 rings (SSSR count). The zero-order chi connectivity index (χ0) is 7.98. The Morgan fingerprint density at radius 2 is 2.40 bits per heavy atom. The van der Waals surface area contributed by atoms with Gasteiger partial charge in [-0.1, -0.05) is 24.9 Å². The molecule has 2 unspecified atom stereocenters. The first kappa shape index (κ1) is 10.4. The third-order valence-electron chi connectivity index (χ3n) is 0.971. The Morgan fingerprint density at radius 3 is 2.80 bits per heavy atom. The molecule has 2 atom stereocenters. The molecule has 0 amide bonds. The van der Waals surface area contributed by atoms with Crippen molar-refractivity contribution in [3.63, 3.8) is 0 Å². The molecule has 10 heavy (non-hydrogen) atoms. The van der Waals surface area contributed by atoms with E-state index in [9.17, 15) is 4.21 Å². The first-order valence-corrected chi connectivity index (χ1v) is 4.55. The standard InChI is InChI=1S/C5H11ClO3S/c1-2-3-4-5(6)9-10(7)8/h5H,2-4H2,1H3,(H,7,8). The van der Waals surface area contributed by atoms with Crippen LogP contribution in [-0.4, -0.2) is 14.3 Å². The second-order valence-electron chi connectivity index (χ2n) is 1.87. The van der Waals surface area contributed by atoms with Crippen LogP contribution in [0.15, 0.2) is 0 Å². The van der Waals surface area contributed by atoms with Gasteiger partial charge in [-0.25, -0.2) is 4.18 Å². The fourth-order valence-corrected chi connectivity index (χ4v) is 1.12. The number of rotatable bonds is 5. The minimum Gasteiger partial charge on any atom is -0.284 e. The summed E-state index contributed by atoms with van der Waals surface area (Å²) in [6.07, 6.45) is 2.53. The van der Waals surface area contributed by atoms with Gasteiger partial charge in [-0.15, -0.1) is 0 Å². The van der Waals surface area contributed by atoms with Crippen LogP contribution < -0.4 is 0 Å². The van der Waals surface area contributed by atoms with Gasteiger partial charge in [0.1, 0.15) is 0 Å². The molecule has 0 bridgehead atoms. The zero-order valence-electron chi connectivity index (χ0n) is 5.75. The van der Waals surface area contributed by atoms with Crippen LogP contribution in [0.5, 0.6) is 0 Å². The topological polar surface area (TPSA) is 46.5 Å². The van der Waals surface area contributed by atoms with Gasteiger partial charge in [0.25, 0.3) is 0 Å². The van der Waals surface area contributed by atoms with E-state index < -0.39 is 16.9 Å². The molecule has 1 N–H and O–H groups in total. The fraction of sp³-hybridized carbons (Fsp3) is 1.00. The number of unbranched alkanes of at least 4 members (excludes halogenated alkanes) is 1. The van der Waals surface area contributed by atoms with Crippen LogP contribution in [0.4, 0.5) is 0 Å². The molecule has 0 heterocycles. The summed E-state index contributed by atoms with van der Waals surface area (Å²) in [5.41, 5.74) is -0.634. The Bertz CT molecular complexity index is 109. The van der Waals surface area contributed by atoms with Crippen LogP contribution in [0.25, 0.3) is 0 Å². The lowest BCUT2D eigenvalue weighted by Gasteiger charge is -2.04. The van der Waals surface area contributed by atoms with E-state index in [0.29, 0.717) is 6.42 Å². The lowest BCUT2D eigenvalue weighted by molar-refractivity contribution is 0.263. The quantitative estimate of drug-likeness (QED) is 0.527. The van der Waals surface area contributed by atoms with Gasteiger partial charge in [0.15, 0.2) is 5.56 Å². The molecule has 0 saturated heterocycles. The highest BCUT2D eigenvalue weighted by atomic mass is 35.5. The highest BCUT2D eigenvalue weighted by Gasteiger charge is 2.06. The molecule has 0 spiro atoms. The van der Waals surface area contributed by atoms with E-state index in [1.54, 1.807) is 0 Å². The van der Waals surface area contributed by atoms with Gasteiger partial charge in [-0.05, 0) is 12.8 Å². The zero-order valence-corrected chi connectivity index (χ0v) is 7.32. The lowest BCUT2D eigenvalue weighted by atomic mass is 10.3. The van der Waals surface area contributed by atoms with Gasteiger partial charge in [0.05, 0.1) is 0 Å². The van der Waals surface area contributed by atoms with Crippen LogP contribution in [0, 0.1) is 0 Å². The summed E-state index contributed by atoms with van der Waals surface area (Å²) >= 11 is 3.25. The summed E-state index contributed by atoms with van der Waals surface area (Å²) in [7, 11) is 0. The van der Waals surface area contributed by atoms with E-state index in [0.717, 1.165) is 12.8 Å². The summed E-state index contributed by atoms with van der Waals surface area (Å²) < 4.78 is 22.5. The smallest absolute Gasteiger partial charge is 0.284 e. The van der Waals surface area contributed by atoms with E-state index in [4.69, 9.17) is 16.2 Å². The first-order valence-electron chi connectivity index (χ1n) is 3.09. The van der Waals surface area contributed by atoms with E-state index in [2.05, 4.69) is 4.18 Å². The molecule has 0 aliphatic rings. The summed E-state index contributed by atoms with van der Waals surface area (Å²) in [5.74, 6) is 0. The molecule has 0 fully saturated rings. The van der Waals surface area contributed by atoms with Crippen LogP contribution >= 0.6 is 11.6 Å². The van der Waals surface area contributed by atoms with Gasteiger partial charge in [0.2, 0.25) is 0 Å². The Morgan fingerprint density at radius 1 is 1.80 bits per heavy atom. The molecule has 0 aliphatic carbocycles. The third kappa shape index (κ3) is 6.48. The monoisotopic (exact) mass is 186 g/mol. The maximum Gasteiger partial charge on any atom is 0.303 e. The molecule has 5 heteroatoms. The number of halogens is 1. The molecule has 62 valence electrons. The van der Waals surface area contributed by atoms with Gasteiger partial charge >= 0.3 is 11.4 Å². The van der Waals surface area contributed by atoms with E-state index >= 15 is 0 Å². The van der Waals surface area contributed by atoms with Gasteiger partial charge in [-0.3, -0.25) is 4.55 Å². The van der Waals surface area contributed by atoms with Crippen molar-refractivity contribution in [3.8, 4) is 0 Å². The van der Waals surface area contributed by atoms with Gasteiger partial charge in [0, 0.05) is 0 Å². The highest BCUT2D eigenvalue weighted by molar-refractivity contribution is 7.74. The van der Waals surface area contributed by atoms with Crippen molar-refractivity contribution in [2.45, 2.75) is 31.7 Å². The Labute approximate surface area is 68.2 Å². The van der Waals surface area contributed by atoms with Crippen molar-refractivity contribution in [2.75, 3.05) is 0 Å². The van der Waals surface area contributed by atoms with Crippen LogP contribution in [-0.2, 0) is 15.5 Å². The molecule has 3 nitrogen and oxygen atoms in total. The Kier molecular flexibility index (Phi) is 6.31. The lowest BCUT2D eigenvalue weighted by Crippen LogP contribution is -2.06. The minimum absolute atomic E-state index is 0.615. The summed E-state index contributed by atoms with van der Waals surface area (Å²) in [6.45, 7) is 2.01. The van der Waals surface area contributed by atoms with Crippen molar-refractivity contribution >= 4 is 23.0 Å².